The molecular formula is C22H32N4O3. The van der Waals surface area contributed by atoms with Gasteiger partial charge < -0.3 is 14.8 Å². The predicted molar refractivity (Wildman–Crippen MR) is 113 cm³/mol. The van der Waals surface area contributed by atoms with Crippen molar-refractivity contribution in [1.29, 1.82) is 0 Å². The number of carbonyl (C=O) groups excluding carboxylic acids is 1. The number of aliphatic hydroxyl groups excluding tert-OH is 1. The number of anilines is 1. The van der Waals surface area contributed by atoms with E-state index in [4.69, 9.17) is 4.42 Å². The number of aromatic nitrogens is 1. The maximum absolute atomic E-state index is 12.5. The van der Waals surface area contributed by atoms with E-state index in [0.29, 0.717) is 18.1 Å². The highest BCUT2D eigenvalue weighted by molar-refractivity contribution is 6.03. The predicted octanol–water partition coefficient (Wildman–Crippen LogP) is 2.82. The zero-order valence-electron chi connectivity index (χ0n) is 17.6. The van der Waals surface area contributed by atoms with Gasteiger partial charge in [0.15, 0.2) is 5.69 Å². The summed E-state index contributed by atoms with van der Waals surface area (Å²) in [5.74, 6) is 0.291. The SMILES string of the molecule is CCCC(O)CN1CCN(Cc2nc(C(=O)Nc3cc(C)ccc3C)co2)CC1. The van der Waals surface area contributed by atoms with Crippen LogP contribution < -0.4 is 5.32 Å². The van der Waals surface area contributed by atoms with Crippen LogP contribution in [-0.4, -0.2) is 64.6 Å². The van der Waals surface area contributed by atoms with Crippen LogP contribution >= 0.6 is 0 Å². The van der Waals surface area contributed by atoms with Crippen molar-refractivity contribution in [3.05, 3.63) is 47.2 Å². The number of nitrogens with one attached hydrogen (secondary N) is 1. The molecule has 0 bridgehead atoms. The van der Waals surface area contributed by atoms with Crippen LogP contribution in [0.1, 0.15) is 47.3 Å². The topological polar surface area (TPSA) is 81.8 Å². The van der Waals surface area contributed by atoms with Crippen molar-refractivity contribution in [1.82, 2.24) is 14.8 Å². The number of benzene rings is 1. The van der Waals surface area contributed by atoms with Gasteiger partial charge >= 0.3 is 0 Å². The van der Waals surface area contributed by atoms with Crippen LogP contribution in [0.4, 0.5) is 5.69 Å². The second-order valence-corrected chi connectivity index (χ2v) is 7.92. The van der Waals surface area contributed by atoms with Crippen molar-refractivity contribution in [2.24, 2.45) is 0 Å². The minimum Gasteiger partial charge on any atom is -0.447 e. The van der Waals surface area contributed by atoms with Gasteiger partial charge in [-0.3, -0.25) is 14.6 Å². The van der Waals surface area contributed by atoms with Crippen molar-refractivity contribution >= 4 is 11.6 Å². The molecule has 0 spiro atoms. The van der Waals surface area contributed by atoms with Gasteiger partial charge in [-0.1, -0.05) is 25.5 Å². The first-order chi connectivity index (χ1) is 13.9. The molecule has 7 nitrogen and oxygen atoms in total. The molecule has 2 aromatic rings. The van der Waals surface area contributed by atoms with Crippen LogP contribution in [0.5, 0.6) is 0 Å². The van der Waals surface area contributed by atoms with Gasteiger partial charge in [0.2, 0.25) is 5.89 Å². The molecule has 0 radical (unpaired) electrons. The number of rotatable bonds is 8. The Morgan fingerprint density at radius 2 is 1.97 bits per heavy atom. The molecule has 29 heavy (non-hydrogen) atoms. The molecular weight excluding hydrogens is 368 g/mol. The highest BCUT2D eigenvalue weighted by Crippen LogP contribution is 2.18. The fourth-order valence-electron chi connectivity index (χ4n) is 3.59. The number of hydrogen-bond acceptors (Lipinski definition) is 6. The molecule has 1 atom stereocenters. The Balaban J connectivity index is 1.49. The second-order valence-electron chi connectivity index (χ2n) is 7.92. The van der Waals surface area contributed by atoms with Crippen LogP contribution in [0.25, 0.3) is 0 Å². The van der Waals surface area contributed by atoms with Gasteiger partial charge in [0.25, 0.3) is 5.91 Å². The van der Waals surface area contributed by atoms with Crippen LogP contribution in [0.3, 0.4) is 0 Å². The first kappa shape index (κ1) is 21.5. The van der Waals surface area contributed by atoms with Crippen LogP contribution in [0.2, 0.25) is 0 Å². The molecule has 1 aliphatic rings. The molecule has 1 aliphatic heterocycles. The van der Waals surface area contributed by atoms with Crippen molar-refractivity contribution < 1.29 is 14.3 Å². The molecule has 1 saturated heterocycles. The van der Waals surface area contributed by atoms with Gasteiger partial charge in [-0.25, -0.2) is 4.98 Å². The molecule has 1 fully saturated rings. The van der Waals surface area contributed by atoms with Crippen molar-refractivity contribution in [3.8, 4) is 0 Å². The summed E-state index contributed by atoms with van der Waals surface area (Å²) in [6.07, 6.45) is 3.04. The maximum Gasteiger partial charge on any atom is 0.277 e. The lowest BCUT2D eigenvalue weighted by atomic mass is 10.1. The lowest BCUT2D eigenvalue weighted by molar-refractivity contribution is 0.0634. The smallest absolute Gasteiger partial charge is 0.277 e. The second kappa shape index (κ2) is 10.0. The van der Waals surface area contributed by atoms with E-state index in [9.17, 15) is 9.90 Å². The summed E-state index contributed by atoms with van der Waals surface area (Å²) in [6, 6.07) is 5.95. The molecule has 1 aromatic heterocycles. The Hall–Kier alpha value is -2.22. The zero-order chi connectivity index (χ0) is 20.8. The summed E-state index contributed by atoms with van der Waals surface area (Å²) in [7, 11) is 0. The number of aryl methyl sites for hydroxylation is 2. The lowest BCUT2D eigenvalue weighted by Crippen LogP contribution is -2.48. The van der Waals surface area contributed by atoms with E-state index in [1.165, 1.54) is 6.26 Å². The largest absolute Gasteiger partial charge is 0.447 e. The third kappa shape index (κ3) is 6.13. The quantitative estimate of drug-likeness (QED) is 0.709. The number of amides is 1. The Morgan fingerprint density at radius 1 is 1.24 bits per heavy atom. The third-order valence-electron chi connectivity index (χ3n) is 5.34. The number of β-amino-alcohol motifs (C(OH)–C–C–N with tert-alkyl or cyclic N) is 1. The highest BCUT2D eigenvalue weighted by atomic mass is 16.3. The highest BCUT2D eigenvalue weighted by Gasteiger charge is 2.21. The third-order valence-corrected chi connectivity index (χ3v) is 5.34. The number of piperazine rings is 1. The van der Waals surface area contributed by atoms with Crippen molar-refractivity contribution in [2.45, 2.75) is 46.3 Å². The van der Waals surface area contributed by atoms with Crippen LogP contribution in [0, 0.1) is 13.8 Å². The molecule has 1 amide bonds. The minimum absolute atomic E-state index is 0.239. The fraction of sp³-hybridized carbons (Fsp3) is 0.545. The van der Waals surface area contributed by atoms with Crippen molar-refractivity contribution in [2.75, 3.05) is 38.0 Å². The number of nitrogens with zero attached hydrogens (tertiary/aromatic N) is 3. The van der Waals surface area contributed by atoms with E-state index in [1.54, 1.807) is 0 Å². The van der Waals surface area contributed by atoms with Gasteiger partial charge in [0, 0.05) is 38.4 Å². The van der Waals surface area contributed by atoms with Crippen molar-refractivity contribution in [3.63, 3.8) is 0 Å². The average molecular weight is 401 g/mol. The van der Waals surface area contributed by atoms with E-state index in [2.05, 4.69) is 27.0 Å². The van der Waals surface area contributed by atoms with Crippen LogP contribution in [0.15, 0.2) is 28.9 Å². The Morgan fingerprint density at radius 3 is 2.69 bits per heavy atom. The molecule has 2 heterocycles. The summed E-state index contributed by atoms with van der Waals surface area (Å²) in [4.78, 5) is 21.4. The molecule has 158 valence electrons. The summed E-state index contributed by atoms with van der Waals surface area (Å²) >= 11 is 0. The van der Waals surface area contributed by atoms with Gasteiger partial charge in [-0.05, 0) is 37.5 Å². The zero-order valence-corrected chi connectivity index (χ0v) is 17.6. The summed E-state index contributed by atoms with van der Waals surface area (Å²) in [5.41, 5.74) is 3.19. The lowest BCUT2D eigenvalue weighted by Gasteiger charge is -2.34. The van der Waals surface area contributed by atoms with E-state index in [-0.39, 0.29) is 12.0 Å². The minimum atomic E-state index is -0.261. The molecule has 3 rings (SSSR count). The van der Waals surface area contributed by atoms with E-state index in [1.807, 2.05) is 32.0 Å². The molecule has 7 heteroatoms. The monoisotopic (exact) mass is 400 g/mol. The maximum atomic E-state index is 12.5. The molecule has 1 unspecified atom stereocenters. The van der Waals surface area contributed by atoms with Gasteiger partial charge in [-0.15, -0.1) is 0 Å². The van der Waals surface area contributed by atoms with E-state index < -0.39 is 0 Å². The summed E-state index contributed by atoms with van der Waals surface area (Å²) in [5, 5.41) is 12.9. The Kier molecular flexibility index (Phi) is 7.41. The van der Waals surface area contributed by atoms with E-state index >= 15 is 0 Å². The Bertz CT molecular complexity index is 812. The van der Waals surface area contributed by atoms with Gasteiger partial charge in [0.05, 0.1) is 12.6 Å². The molecule has 1 aromatic carbocycles. The normalized spacial score (nSPS) is 16.7. The molecule has 2 N–H and O–H groups in total. The fourth-order valence-corrected chi connectivity index (χ4v) is 3.59. The van der Waals surface area contributed by atoms with Gasteiger partial charge in [-0.2, -0.15) is 0 Å². The summed E-state index contributed by atoms with van der Waals surface area (Å²) < 4.78 is 5.54. The van der Waals surface area contributed by atoms with Gasteiger partial charge in [0.1, 0.15) is 6.26 Å². The number of hydrogen-bond donors (Lipinski definition) is 2. The molecule has 0 saturated carbocycles. The number of carbonyl (C=O) groups is 1. The standard InChI is InChI=1S/C22H32N4O3/c1-4-5-18(27)13-25-8-10-26(11-9-25)14-21-23-20(15-29-21)22(28)24-19-12-16(2)6-7-17(19)3/h6-7,12,15,18,27H,4-5,8-11,13-14H2,1-3H3,(H,24,28). The first-order valence-electron chi connectivity index (χ1n) is 10.4. The first-order valence-corrected chi connectivity index (χ1v) is 10.4. The van der Waals surface area contributed by atoms with Crippen LogP contribution in [-0.2, 0) is 6.54 Å². The molecule has 0 aliphatic carbocycles. The average Bonchev–Trinajstić information content (AvgIpc) is 3.15. The number of aliphatic hydroxyl groups is 1. The number of oxazole rings is 1. The Labute approximate surface area is 172 Å². The van der Waals surface area contributed by atoms with E-state index in [0.717, 1.165) is 62.4 Å². The summed E-state index contributed by atoms with van der Waals surface area (Å²) in [6.45, 7) is 11.0.